The van der Waals surface area contributed by atoms with Crippen LogP contribution in [-0.2, 0) is 20.7 Å². The molecular formula is C29H24ClN5O6. The average Bonchev–Trinajstić information content (AvgIpc) is 3.47. The molecule has 4 aromatic rings. The third kappa shape index (κ3) is 7.64. The predicted octanol–water partition coefficient (Wildman–Crippen LogP) is 3.78. The Balaban J connectivity index is 1.53. The van der Waals surface area contributed by atoms with E-state index in [4.69, 9.17) is 21.4 Å². The number of carbonyl (C=O) groups excluding carboxylic acids is 3. The molecule has 0 saturated heterocycles. The molecule has 4 rings (SSSR count). The van der Waals surface area contributed by atoms with E-state index in [2.05, 4.69) is 20.9 Å². The summed E-state index contributed by atoms with van der Waals surface area (Å²) in [6, 6.07) is 19.2. The van der Waals surface area contributed by atoms with Crippen LogP contribution in [0.1, 0.15) is 32.0 Å². The minimum atomic E-state index is -1.23. The number of hydrogen-bond acceptors (Lipinski definition) is 7. The Morgan fingerprint density at radius 2 is 1.78 bits per heavy atom. The molecule has 11 nitrogen and oxygen atoms in total. The number of nitrogens with zero attached hydrogens (tertiary/aromatic N) is 3. The van der Waals surface area contributed by atoms with Gasteiger partial charge in [-0.15, -0.1) is 5.10 Å². The van der Waals surface area contributed by atoms with E-state index < -0.39 is 29.8 Å². The number of esters is 1. The lowest BCUT2D eigenvalue weighted by Gasteiger charge is -2.18. The number of carboxylic acid groups (broad SMARTS) is 1. The summed E-state index contributed by atoms with van der Waals surface area (Å²) in [6.45, 7) is 0. The van der Waals surface area contributed by atoms with Gasteiger partial charge in [0.05, 0.1) is 24.6 Å². The Morgan fingerprint density at radius 1 is 1.05 bits per heavy atom. The van der Waals surface area contributed by atoms with E-state index in [-0.39, 0.29) is 12.1 Å². The summed E-state index contributed by atoms with van der Waals surface area (Å²) in [5, 5.41) is 22.5. The zero-order chi connectivity index (χ0) is 29.4. The van der Waals surface area contributed by atoms with Gasteiger partial charge in [-0.3, -0.25) is 9.59 Å². The second kappa shape index (κ2) is 13.2. The molecule has 208 valence electrons. The van der Waals surface area contributed by atoms with Gasteiger partial charge in [0.15, 0.2) is 5.69 Å². The van der Waals surface area contributed by atoms with E-state index in [0.717, 1.165) is 5.56 Å². The van der Waals surface area contributed by atoms with Gasteiger partial charge in [-0.2, -0.15) is 0 Å². The van der Waals surface area contributed by atoms with Crippen molar-refractivity contribution in [2.24, 2.45) is 0 Å². The van der Waals surface area contributed by atoms with Crippen molar-refractivity contribution in [2.45, 2.75) is 12.5 Å². The smallest absolute Gasteiger partial charge is 0.358 e. The maximum atomic E-state index is 13.2. The first-order valence-corrected chi connectivity index (χ1v) is 12.6. The number of carbonyl (C=O) groups is 4. The molecule has 41 heavy (non-hydrogen) atoms. The van der Waals surface area contributed by atoms with Crippen LogP contribution in [0.25, 0.3) is 11.8 Å². The topological polar surface area (TPSA) is 153 Å². The van der Waals surface area contributed by atoms with Crippen LogP contribution < -0.4 is 10.6 Å². The van der Waals surface area contributed by atoms with Gasteiger partial charge in [0, 0.05) is 28.8 Å². The summed E-state index contributed by atoms with van der Waals surface area (Å²) in [5.41, 5.74) is 2.24. The third-order valence-electron chi connectivity index (χ3n) is 5.85. The lowest BCUT2D eigenvalue weighted by molar-refractivity contribution is -0.123. The largest absolute Gasteiger partial charge is 0.476 e. The van der Waals surface area contributed by atoms with Gasteiger partial charge >= 0.3 is 11.9 Å². The Kier molecular flexibility index (Phi) is 9.23. The number of aromatic nitrogens is 3. The Bertz CT molecular complexity index is 1600. The number of anilines is 1. The van der Waals surface area contributed by atoms with E-state index >= 15 is 0 Å². The zero-order valence-corrected chi connectivity index (χ0v) is 22.4. The second-order valence-electron chi connectivity index (χ2n) is 8.70. The number of nitrogens with one attached hydrogen (secondary N) is 2. The normalized spacial score (nSPS) is 11.6. The molecule has 0 spiro atoms. The SMILES string of the molecule is COC(=O)c1ccc(NC(=O)[C@H](Cc2ccccc2)NC(=O)/C=C/c2cc(Cl)ccc2-n2cc(C(=O)O)nn2)cc1. The fourth-order valence-corrected chi connectivity index (χ4v) is 4.01. The zero-order valence-electron chi connectivity index (χ0n) is 21.7. The number of amides is 2. The Labute approximate surface area is 239 Å². The van der Waals surface area contributed by atoms with Crippen LogP contribution in [0.2, 0.25) is 5.02 Å². The summed E-state index contributed by atoms with van der Waals surface area (Å²) in [7, 11) is 1.28. The molecule has 2 amide bonds. The molecule has 3 aromatic carbocycles. The van der Waals surface area contributed by atoms with E-state index in [1.54, 1.807) is 30.3 Å². The van der Waals surface area contributed by atoms with E-state index in [0.29, 0.717) is 27.5 Å². The van der Waals surface area contributed by atoms with Gasteiger partial charge in [-0.05, 0) is 54.1 Å². The molecular weight excluding hydrogens is 550 g/mol. The van der Waals surface area contributed by atoms with Gasteiger partial charge in [-0.25, -0.2) is 14.3 Å². The van der Waals surface area contributed by atoms with Crippen LogP contribution in [0, 0.1) is 0 Å². The van der Waals surface area contributed by atoms with Crippen LogP contribution in [0.5, 0.6) is 0 Å². The number of aromatic carboxylic acids is 1. The van der Waals surface area contributed by atoms with Gasteiger partial charge in [0.1, 0.15) is 6.04 Å². The number of carboxylic acids is 1. The summed E-state index contributed by atoms with van der Waals surface area (Å²) in [6.07, 6.45) is 4.16. The second-order valence-corrected chi connectivity index (χ2v) is 9.14. The minimum absolute atomic E-state index is 0.214. The van der Waals surface area contributed by atoms with Crippen LogP contribution in [-0.4, -0.2) is 57.0 Å². The molecule has 1 heterocycles. The van der Waals surface area contributed by atoms with Crippen LogP contribution >= 0.6 is 11.6 Å². The van der Waals surface area contributed by atoms with Crippen LogP contribution in [0.4, 0.5) is 5.69 Å². The first-order chi connectivity index (χ1) is 19.7. The summed E-state index contributed by atoms with van der Waals surface area (Å²) in [4.78, 5) is 49.1. The van der Waals surface area contributed by atoms with Crippen LogP contribution in [0.3, 0.4) is 0 Å². The van der Waals surface area contributed by atoms with E-state index in [1.165, 1.54) is 42.3 Å². The molecule has 3 N–H and O–H groups in total. The molecule has 0 aliphatic heterocycles. The van der Waals surface area contributed by atoms with E-state index in [9.17, 15) is 19.2 Å². The van der Waals surface area contributed by atoms with Gasteiger partial charge in [0.2, 0.25) is 11.8 Å². The predicted molar refractivity (Wildman–Crippen MR) is 151 cm³/mol. The van der Waals surface area contributed by atoms with Crippen molar-refractivity contribution in [3.05, 3.63) is 112 Å². The first-order valence-electron chi connectivity index (χ1n) is 12.2. The number of rotatable bonds is 10. The molecule has 0 radical (unpaired) electrons. The standard InChI is InChI=1S/C29H24ClN5O6/c1-41-29(40)19-7-11-22(12-8-19)31-27(37)23(15-18-5-3-2-4-6-18)32-26(36)14-9-20-16-21(30)10-13-25(20)35-17-24(28(38)39)33-34-35/h2-14,16-17,23H,15H2,1H3,(H,31,37)(H,32,36)(H,38,39)/b14-9+/t23-/m0/s1. The minimum Gasteiger partial charge on any atom is -0.476 e. The van der Waals surface area contributed by atoms with Gasteiger partial charge in [0.25, 0.3) is 0 Å². The molecule has 0 fully saturated rings. The maximum Gasteiger partial charge on any atom is 0.358 e. The van der Waals surface area contributed by atoms with Crippen molar-refractivity contribution in [2.75, 3.05) is 12.4 Å². The number of benzene rings is 3. The Hall–Kier alpha value is -5.29. The molecule has 0 aliphatic rings. The quantitative estimate of drug-likeness (QED) is 0.191. The first kappa shape index (κ1) is 28.7. The highest BCUT2D eigenvalue weighted by atomic mass is 35.5. The fraction of sp³-hybridized carbons (Fsp3) is 0.103. The Morgan fingerprint density at radius 3 is 2.44 bits per heavy atom. The van der Waals surface area contributed by atoms with Crippen molar-refractivity contribution in [3.63, 3.8) is 0 Å². The lowest BCUT2D eigenvalue weighted by atomic mass is 10.0. The molecule has 0 saturated carbocycles. The monoisotopic (exact) mass is 573 g/mol. The molecule has 0 unspecified atom stereocenters. The molecule has 0 aliphatic carbocycles. The number of ether oxygens (including phenoxy) is 1. The molecule has 1 atom stereocenters. The maximum absolute atomic E-state index is 13.2. The lowest BCUT2D eigenvalue weighted by Crippen LogP contribution is -2.44. The third-order valence-corrected chi connectivity index (χ3v) is 6.09. The highest BCUT2D eigenvalue weighted by molar-refractivity contribution is 6.30. The van der Waals surface area contributed by atoms with Gasteiger partial charge < -0.3 is 20.5 Å². The molecule has 0 bridgehead atoms. The summed E-state index contributed by atoms with van der Waals surface area (Å²) < 4.78 is 5.95. The van der Waals surface area contributed by atoms with Crippen molar-refractivity contribution in [3.8, 4) is 5.69 Å². The highest BCUT2D eigenvalue weighted by Crippen LogP contribution is 2.21. The summed E-state index contributed by atoms with van der Waals surface area (Å²) >= 11 is 6.15. The van der Waals surface area contributed by atoms with E-state index in [1.807, 2.05) is 30.3 Å². The molecule has 1 aromatic heterocycles. The van der Waals surface area contributed by atoms with Crippen molar-refractivity contribution >= 4 is 47.1 Å². The average molecular weight is 574 g/mol. The number of hydrogen-bond donors (Lipinski definition) is 3. The van der Waals surface area contributed by atoms with Crippen LogP contribution in [0.15, 0.2) is 85.1 Å². The van der Waals surface area contributed by atoms with Crippen molar-refractivity contribution in [1.29, 1.82) is 0 Å². The fourth-order valence-electron chi connectivity index (χ4n) is 3.83. The van der Waals surface area contributed by atoms with Crippen molar-refractivity contribution < 1.29 is 29.0 Å². The van der Waals surface area contributed by atoms with Gasteiger partial charge in [-0.1, -0.05) is 47.1 Å². The summed E-state index contributed by atoms with van der Waals surface area (Å²) in [5.74, 6) is -2.76. The molecule has 12 heteroatoms. The number of methoxy groups -OCH3 is 1. The highest BCUT2D eigenvalue weighted by Gasteiger charge is 2.21. The van der Waals surface area contributed by atoms with Crippen molar-refractivity contribution in [1.82, 2.24) is 20.3 Å². The number of halogens is 1.